The van der Waals surface area contributed by atoms with E-state index < -0.39 is 0 Å². The van der Waals surface area contributed by atoms with Gasteiger partial charge >= 0.3 is 0 Å². The van der Waals surface area contributed by atoms with Gasteiger partial charge in [0, 0.05) is 30.8 Å². The summed E-state index contributed by atoms with van der Waals surface area (Å²) >= 11 is 0. The summed E-state index contributed by atoms with van der Waals surface area (Å²) in [7, 11) is 0. The maximum Gasteiger partial charge on any atom is 0.253 e. The van der Waals surface area contributed by atoms with Crippen molar-refractivity contribution in [2.45, 2.75) is 12.3 Å². The fourth-order valence-corrected chi connectivity index (χ4v) is 3.93. The van der Waals surface area contributed by atoms with Crippen molar-refractivity contribution in [3.05, 3.63) is 96.3 Å². The van der Waals surface area contributed by atoms with Crippen molar-refractivity contribution in [3.8, 4) is 17.1 Å². The smallest absolute Gasteiger partial charge is 0.253 e. The van der Waals surface area contributed by atoms with Gasteiger partial charge in [-0.2, -0.15) is 0 Å². The quantitative estimate of drug-likeness (QED) is 0.525. The maximum absolute atomic E-state index is 13.1. The van der Waals surface area contributed by atoms with Crippen molar-refractivity contribution in [3.63, 3.8) is 0 Å². The molecule has 0 spiro atoms. The van der Waals surface area contributed by atoms with Crippen molar-refractivity contribution >= 4 is 5.91 Å². The van der Waals surface area contributed by atoms with E-state index in [4.69, 9.17) is 0 Å². The lowest BCUT2D eigenvalue weighted by Crippen LogP contribution is -2.28. The molecule has 1 aliphatic heterocycles. The van der Waals surface area contributed by atoms with Gasteiger partial charge in [-0.25, -0.2) is 4.68 Å². The first-order chi connectivity index (χ1) is 14.8. The minimum absolute atomic E-state index is 0.0559. The third-order valence-corrected chi connectivity index (χ3v) is 5.52. The van der Waals surface area contributed by atoms with Crippen LogP contribution in [0.3, 0.4) is 0 Å². The molecule has 5 rings (SSSR count). The van der Waals surface area contributed by atoms with Crippen molar-refractivity contribution in [2.24, 2.45) is 0 Å². The topological polar surface area (TPSA) is 63.9 Å². The second-order valence-corrected chi connectivity index (χ2v) is 7.46. The predicted octanol–water partition coefficient (Wildman–Crippen LogP) is 3.96. The molecule has 0 radical (unpaired) electrons. The number of amides is 1. The lowest BCUT2D eigenvalue weighted by molar-refractivity contribution is 0.0790. The van der Waals surface area contributed by atoms with Gasteiger partial charge in [0.2, 0.25) is 0 Å². The molecule has 30 heavy (non-hydrogen) atoms. The second-order valence-electron chi connectivity index (χ2n) is 7.46. The van der Waals surface area contributed by atoms with E-state index >= 15 is 0 Å². The van der Waals surface area contributed by atoms with Gasteiger partial charge in [-0.15, -0.1) is 5.10 Å². The monoisotopic (exact) mass is 395 g/mol. The first-order valence-electron chi connectivity index (χ1n) is 10.1. The highest BCUT2D eigenvalue weighted by Crippen LogP contribution is 2.28. The average Bonchev–Trinajstić information content (AvgIpc) is 3.50. The molecule has 1 unspecified atom stereocenters. The molecule has 6 heteroatoms. The predicted molar refractivity (Wildman–Crippen MR) is 114 cm³/mol. The molecule has 0 saturated carbocycles. The van der Waals surface area contributed by atoms with Gasteiger partial charge in [0.05, 0.1) is 17.6 Å². The molecule has 1 amide bonds. The standard InChI is InChI=1S/C24H21N5O/c30-24(28-14-12-20(16-28)18-7-2-1-3-8-18)19-9-6-10-21(15-19)29-17-23(26-27-29)22-11-4-5-13-25-22/h1-11,13,15,17,20H,12,14,16H2. The number of aromatic nitrogens is 4. The summed E-state index contributed by atoms with van der Waals surface area (Å²) in [6.45, 7) is 1.52. The Morgan fingerprint density at radius 2 is 1.80 bits per heavy atom. The number of hydrogen-bond acceptors (Lipinski definition) is 4. The number of likely N-dealkylation sites (tertiary alicyclic amines) is 1. The molecule has 2 aromatic heterocycles. The Balaban J connectivity index is 1.34. The van der Waals surface area contributed by atoms with Crippen LogP contribution >= 0.6 is 0 Å². The Labute approximate surface area is 174 Å². The van der Waals surface area contributed by atoms with Gasteiger partial charge in [-0.05, 0) is 42.3 Å². The molecule has 1 atom stereocenters. The molecule has 3 heterocycles. The first-order valence-corrected chi connectivity index (χ1v) is 10.1. The zero-order valence-corrected chi connectivity index (χ0v) is 16.4. The van der Waals surface area contributed by atoms with E-state index in [1.54, 1.807) is 10.9 Å². The largest absolute Gasteiger partial charge is 0.338 e. The van der Waals surface area contributed by atoms with Crippen LogP contribution in [0.4, 0.5) is 0 Å². The molecule has 6 nitrogen and oxygen atoms in total. The van der Waals surface area contributed by atoms with E-state index in [0.717, 1.165) is 30.9 Å². The summed E-state index contributed by atoms with van der Waals surface area (Å²) < 4.78 is 1.68. The summed E-state index contributed by atoms with van der Waals surface area (Å²) in [4.78, 5) is 19.4. The molecule has 2 aromatic carbocycles. The number of benzene rings is 2. The molecule has 1 aliphatic rings. The van der Waals surface area contributed by atoms with Crippen LogP contribution < -0.4 is 0 Å². The summed E-state index contributed by atoms with van der Waals surface area (Å²) in [5.41, 5.74) is 4.22. The lowest BCUT2D eigenvalue weighted by atomic mass is 9.99. The summed E-state index contributed by atoms with van der Waals surface area (Å²) in [5, 5.41) is 8.43. The van der Waals surface area contributed by atoms with E-state index in [2.05, 4.69) is 39.6 Å². The Morgan fingerprint density at radius 1 is 0.933 bits per heavy atom. The highest BCUT2D eigenvalue weighted by atomic mass is 16.2. The molecule has 1 saturated heterocycles. The molecule has 0 bridgehead atoms. The number of carbonyl (C=O) groups excluding carboxylic acids is 1. The molecule has 0 N–H and O–H groups in total. The Morgan fingerprint density at radius 3 is 2.63 bits per heavy atom. The molecular weight excluding hydrogens is 374 g/mol. The van der Waals surface area contributed by atoms with Crippen LogP contribution in [-0.4, -0.2) is 43.9 Å². The van der Waals surface area contributed by atoms with Gasteiger partial charge in [0.25, 0.3) is 5.91 Å². The molecule has 4 aromatic rings. The van der Waals surface area contributed by atoms with Crippen LogP contribution in [0, 0.1) is 0 Å². The second kappa shape index (κ2) is 7.91. The highest BCUT2D eigenvalue weighted by molar-refractivity contribution is 5.95. The zero-order chi connectivity index (χ0) is 20.3. The van der Waals surface area contributed by atoms with Gasteiger partial charge in [0.15, 0.2) is 0 Å². The van der Waals surface area contributed by atoms with Gasteiger partial charge in [0.1, 0.15) is 5.69 Å². The van der Waals surface area contributed by atoms with E-state index in [1.807, 2.05) is 59.6 Å². The van der Waals surface area contributed by atoms with E-state index in [-0.39, 0.29) is 5.91 Å². The van der Waals surface area contributed by atoms with Gasteiger partial charge in [-0.1, -0.05) is 47.7 Å². The Hall–Kier alpha value is -3.80. The number of nitrogens with zero attached hydrogens (tertiary/aromatic N) is 5. The summed E-state index contributed by atoms with van der Waals surface area (Å²) in [6, 6.07) is 23.6. The first kappa shape index (κ1) is 18.2. The fraction of sp³-hybridized carbons (Fsp3) is 0.167. The van der Waals surface area contributed by atoms with Gasteiger partial charge < -0.3 is 4.90 Å². The highest BCUT2D eigenvalue weighted by Gasteiger charge is 2.28. The van der Waals surface area contributed by atoms with Crippen LogP contribution in [0.25, 0.3) is 17.1 Å². The van der Waals surface area contributed by atoms with Crippen molar-refractivity contribution in [1.82, 2.24) is 24.9 Å². The van der Waals surface area contributed by atoms with Crippen LogP contribution in [0.15, 0.2) is 85.2 Å². The number of carbonyl (C=O) groups is 1. The van der Waals surface area contributed by atoms with Gasteiger partial charge in [-0.3, -0.25) is 9.78 Å². The van der Waals surface area contributed by atoms with Crippen LogP contribution in [0.1, 0.15) is 28.3 Å². The molecular formula is C24H21N5O. The van der Waals surface area contributed by atoms with Crippen LogP contribution in [-0.2, 0) is 0 Å². The third kappa shape index (κ3) is 3.59. The van der Waals surface area contributed by atoms with E-state index in [0.29, 0.717) is 17.2 Å². The maximum atomic E-state index is 13.1. The van der Waals surface area contributed by atoms with E-state index in [9.17, 15) is 4.79 Å². The third-order valence-electron chi connectivity index (χ3n) is 5.52. The Kier molecular flexibility index (Phi) is 4.81. The van der Waals surface area contributed by atoms with Crippen LogP contribution in [0.2, 0.25) is 0 Å². The number of hydrogen-bond donors (Lipinski definition) is 0. The zero-order valence-electron chi connectivity index (χ0n) is 16.4. The molecule has 0 aliphatic carbocycles. The fourth-order valence-electron chi connectivity index (χ4n) is 3.93. The molecule has 1 fully saturated rings. The number of rotatable bonds is 4. The van der Waals surface area contributed by atoms with Crippen molar-refractivity contribution in [1.29, 1.82) is 0 Å². The molecule has 148 valence electrons. The van der Waals surface area contributed by atoms with Crippen LogP contribution in [0.5, 0.6) is 0 Å². The van der Waals surface area contributed by atoms with Crippen molar-refractivity contribution < 1.29 is 4.79 Å². The minimum Gasteiger partial charge on any atom is -0.338 e. The summed E-state index contributed by atoms with van der Waals surface area (Å²) in [6.07, 6.45) is 4.55. The SMILES string of the molecule is O=C(c1cccc(-n2cc(-c3ccccn3)nn2)c1)N1CCC(c2ccccc2)C1. The normalized spacial score (nSPS) is 16.0. The Bertz CT molecular complexity index is 1160. The van der Waals surface area contributed by atoms with Crippen molar-refractivity contribution in [2.75, 3.05) is 13.1 Å². The number of pyridine rings is 1. The summed E-state index contributed by atoms with van der Waals surface area (Å²) in [5.74, 6) is 0.454. The minimum atomic E-state index is 0.0559. The van der Waals surface area contributed by atoms with E-state index in [1.165, 1.54) is 5.56 Å². The lowest BCUT2D eigenvalue weighted by Gasteiger charge is -2.17. The average molecular weight is 395 g/mol.